The van der Waals surface area contributed by atoms with Crippen molar-refractivity contribution in [1.82, 2.24) is 39.7 Å². The lowest BCUT2D eigenvalue weighted by Gasteiger charge is -2.38. The van der Waals surface area contributed by atoms with Crippen molar-refractivity contribution < 1.29 is 47.3 Å². The average Bonchev–Trinajstić information content (AvgIpc) is 4.14. The van der Waals surface area contributed by atoms with Crippen LogP contribution in [-0.2, 0) is 32.2 Å². The molecule has 4 aromatic carbocycles. The number of ether oxygens (including phenoxy) is 5. The Kier molecular flexibility index (Phi) is 18.6. The number of methoxy groups -OCH3 is 1. The predicted molar refractivity (Wildman–Crippen MR) is 304 cm³/mol. The van der Waals surface area contributed by atoms with E-state index in [9.17, 15) is 24.0 Å². The second-order valence-electron chi connectivity index (χ2n) is 20.0. The molecular weight excluding hydrogens is 1100 g/mol. The van der Waals surface area contributed by atoms with E-state index in [1.165, 1.54) is 34.2 Å². The SMILES string of the molecule is COc1ccc(C2=N[C@H](c3ccc(Cl)cc3)[C@H](c3ccc(Cl)cc3)N2C(=O)N2CCN(CCOCCOCCC(=O)NCCn3nc(C#N)c4c3CN(C)C(=O)c3ccc(F)cc3[C@@H](C)Oc3cc-4cnc3N)C(=O)C2)c(OC(C)C)c1. The third-order valence-corrected chi connectivity index (χ3v) is 14.6. The molecule has 0 aliphatic carbocycles. The minimum Gasteiger partial charge on any atom is -0.497 e. The fourth-order valence-electron chi connectivity index (χ4n) is 10.1. The number of rotatable bonds is 18. The number of urea groups is 1. The highest BCUT2D eigenvalue weighted by molar-refractivity contribution is 6.30. The molecule has 5 heterocycles. The van der Waals surface area contributed by atoms with Crippen molar-refractivity contribution in [2.24, 2.45) is 4.99 Å². The Bertz CT molecular complexity index is 3410. The van der Waals surface area contributed by atoms with E-state index in [0.717, 1.165) is 11.1 Å². The molecule has 2 aromatic heterocycles. The van der Waals surface area contributed by atoms with Crippen LogP contribution in [0.5, 0.6) is 17.2 Å². The molecule has 0 radical (unpaired) electrons. The summed E-state index contributed by atoms with van der Waals surface area (Å²) in [6.07, 6.45) is 0.541. The zero-order valence-electron chi connectivity index (χ0n) is 45.9. The molecule has 2 bridgehead atoms. The van der Waals surface area contributed by atoms with Gasteiger partial charge < -0.3 is 49.4 Å². The van der Waals surface area contributed by atoms with Crippen LogP contribution < -0.4 is 25.3 Å². The number of amides is 5. The van der Waals surface area contributed by atoms with Crippen LogP contribution in [0.3, 0.4) is 0 Å². The fraction of sp³-hybridized carbons (Fsp3) is 0.356. The number of aromatic nitrogens is 3. The van der Waals surface area contributed by atoms with Gasteiger partial charge in [-0.3, -0.25) is 29.0 Å². The maximum atomic E-state index is 15.1. The van der Waals surface area contributed by atoms with Gasteiger partial charge in [0.2, 0.25) is 11.8 Å². The van der Waals surface area contributed by atoms with Crippen LogP contribution in [0, 0.1) is 17.1 Å². The van der Waals surface area contributed by atoms with Crippen LogP contribution >= 0.6 is 23.2 Å². The zero-order chi connectivity index (χ0) is 58.2. The summed E-state index contributed by atoms with van der Waals surface area (Å²) in [6, 6.07) is 26.0. The van der Waals surface area contributed by atoms with Crippen LogP contribution in [-0.4, -0.2) is 143 Å². The summed E-state index contributed by atoms with van der Waals surface area (Å²) in [5, 5.41) is 18.7. The molecule has 3 aliphatic heterocycles. The van der Waals surface area contributed by atoms with E-state index in [-0.39, 0.29) is 119 Å². The van der Waals surface area contributed by atoms with Crippen molar-refractivity contribution in [2.75, 3.05) is 79.0 Å². The number of anilines is 1. The Morgan fingerprint density at radius 2 is 1.61 bits per heavy atom. The largest absolute Gasteiger partial charge is 0.497 e. The number of nitriles is 1. The first-order valence-electron chi connectivity index (χ1n) is 26.7. The van der Waals surface area contributed by atoms with Gasteiger partial charge in [-0.15, -0.1) is 0 Å². The molecular formula is C59H62Cl2FN11O9. The number of aliphatic imine (C=N–C) groups is 1. The maximum Gasteiger partial charge on any atom is 0.326 e. The van der Waals surface area contributed by atoms with Crippen LogP contribution in [0.2, 0.25) is 10.0 Å². The number of hydrogen-bond acceptors (Lipinski definition) is 14. The van der Waals surface area contributed by atoms with Gasteiger partial charge in [-0.2, -0.15) is 10.4 Å². The average molecular weight is 1160 g/mol. The molecule has 5 amide bonds. The Morgan fingerprint density at radius 3 is 2.30 bits per heavy atom. The maximum absolute atomic E-state index is 15.1. The molecule has 0 unspecified atom stereocenters. The van der Waals surface area contributed by atoms with Crippen molar-refractivity contribution in [2.45, 2.75) is 64.6 Å². The molecule has 82 heavy (non-hydrogen) atoms. The summed E-state index contributed by atoms with van der Waals surface area (Å²) in [4.78, 5) is 71.6. The summed E-state index contributed by atoms with van der Waals surface area (Å²) in [7, 11) is 3.16. The Hall–Kier alpha value is -8.29. The van der Waals surface area contributed by atoms with Gasteiger partial charge in [0.1, 0.15) is 47.9 Å². The molecule has 0 spiro atoms. The number of halogens is 3. The van der Waals surface area contributed by atoms with E-state index in [1.807, 2.05) is 44.2 Å². The van der Waals surface area contributed by atoms with Gasteiger partial charge in [0.05, 0.1) is 70.0 Å². The first-order chi connectivity index (χ1) is 39.5. The first kappa shape index (κ1) is 58.4. The molecule has 3 N–H and O–H groups in total. The van der Waals surface area contributed by atoms with Crippen molar-refractivity contribution in [3.63, 3.8) is 0 Å². The Labute approximate surface area is 484 Å². The third kappa shape index (κ3) is 13.2. The lowest BCUT2D eigenvalue weighted by molar-refractivity contribution is -0.135. The second kappa shape index (κ2) is 26.1. The van der Waals surface area contributed by atoms with Crippen molar-refractivity contribution >= 4 is 58.6 Å². The molecule has 0 saturated carbocycles. The van der Waals surface area contributed by atoms with Gasteiger partial charge in [0, 0.05) is 84.2 Å². The van der Waals surface area contributed by atoms with Crippen LogP contribution in [0.25, 0.3) is 11.1 Å². The first-order valence-corrected chi connectivity index (χ1v) is 27.5. The highest BCUT2D eigenvalue weighted by atomic mass is 35.5. The molecule has 428 valence electrons. The number of nitrogens with two attached hydrogens (primary N) is 1. The summed E-state index contributed by atoms with van der Waals surface area (Å²) in [5.74, 6) is 0.174. The number of nitrogen functional groups attached to an aromatic ring is 1. The number of nitrogens with one attached hydrogen (secondary N) is 1. The smallest absolute Gasteiger partial charge is 0.326 e. The lowest BCUT2D eigenvalue weighted by atomic mass is 9.93. The number of benzene rings is 4. The molecule has 20 nitrogen and oxygen atoms in total. The van der Waals surface area contributed by atoms with E-state index < -0.39 is 35.9 Å². The minimum absolute atomic E-state index is 0.00506. The topological polar surface area (TPSA) is 232 Å². The number of carbonyl (C=O) groups excluding carboxylic acids is 4. The van der Waals surface area contributed by atoms with E-state index in [4.69, 9.17) is 57.6 Å². The van der Waals surface area contributed by atoms with Gasteiger partial charge >= 0.3 is 6.03 Å². The fourth-order valence-corrected chi connectivity index (χ4v) is 10.3. The summed E-state index contributed by atoms with van der Waals surface area (Å²) >= 11 is 12.7. The molecule has 1 fully saturated rings. The van der Waals surface area contributed by atoms with E-state index in [2.05, 4.69) is 21.5 Å². The van der Waals surface area contributed by atoms with E-state index in [1.54, 1.807) is 78.0 Å². The monoisotopic (exact) mass is 1160 g/mol. The third-order valence-electron chi connectivity index (χ3n) is 14.1. The van der Waals surface area contributed by atoms with E-state index in [0.29, 0.717) is 55.3 Å². The molecule has 9 rings (SSSR count). The van der Waals surface area contributed by atoms with Gasteiger partial charge in [-0.25, -0.2) is 14.2 Å². The zero-order valence-corrected chi connectivity index (χ0v) is 47.5. The number of piperazine rings is 1. The Morgan fingerprint density at radius 1 is 0.902 bits per heavy atom. The summed E-state index contributed by atoms with van der Waals surface area (Å²) in [6.45, 7) is 7.14. The van der Waals surface area contributed by atoms with Crippen LogP contribution in [0.15, 0.2) is 102 Å². The predicted octanol–water partition coefficient (Wildman–Crippen LogP) is 8.41. The molecule has 3 aliphatic rings. The lowest BCUT2D eigenvalue weighted by Crippen LogP contribution is -2.56. The van der Waals surface area contributed by atoms with Crippen LogP contribution in [0.4, 0.5) is 15.0 Å². The van der Waals surface area contributed by atoms with Crippen molar-refractivity contribution in [3.8, 4) is 34.4 Å². The van der Waals surface area contributed by atoms with Gasteiger partial charge in [-0.1, -0.05) is 47.5 Å². The normalized spacial score (nSPS) is 17.1. The Balaban J connectivity index is 0.767. The van der Waals surface area contributed by atoms with Gasteiger partial charge in [0.15, 0.2) is 17.3 Å². The number of hydrogen-bond donors (Lipinski definition) is 2. The number of fused-ring (bicyclic) bond motifs is 5. The highest BCUT2D eigenvalue weighted by Crippen LogP contribution is 2.46. The highest BCUT2D eigenvalue weighted by Gasteiger charge is 2.46. The molecule has 23 heteroatoms. The van der Waals surface area contributed by atoms with E-state index >= 15 is 4.79 Å². The molecule has 3 atom stereocenters. The van der Waals surface area contributed by atoms with Crippen molar-refractivity contribution in [3.05, 3.63) is 152 Å². The second-order valence-corrected chi connectivity index (χ2v) is 20.9. The number of carbonyl (C=O) groups is 4. The quantitative estimate of drug-likeness (QED) is 0.0771. The number of nitrogens with zero attached hydrogens (tertiary/aromatic N) is 9. The molecule has 6 aromatic rings. The summed E-state index contributed by atoms with van der Waals surface area (Å²) < 4.78 is 45.6. The standard InChI is InChI=1S/C59H62Cl2FN11O9/c1-35(2)81-49-30-43(78-5)15-17-45(49)57-67-54(37-6-10-40(60)11-7-37)55(38-8-12-41(61)13-9-38)73(57)59(77)71-22-21-70(52(75)34-71)23-25-80-27-26-79-24-18-51(74)65-19-20-72-48-33-69(4)58(76)44-16-14-42(62)29-46(44)36(3)82-50-28-39(32-66-56(50)64)53(48)47(31-63)68-72/h6-17,28-30,32,35-36,54-55H,18-27,33-34H2,1-5H3,(H2,64,66)(H,65,74)/t36-,54-,55+/m1/s1. The summed E-state index contributed by atoms with van der Waals surface area (Å²) in [5.41, 5.74) is 10.4. The molecule has 1 saturated heterocycles. The van der Waals surface area contributed by atoms with Crippen LogP contribution in [0.1, 0.15) is 89.4 Å². The van der Waals surface area contributed by atoms with Gasteiger partial charge in [-0.05, 0) is 92.6 Å². The van der Waals surface area contributed by atoms with Gasteiger partial charge in [0.25, 0.3) is 5.91 Å². The minimum atomic E-state index is -0.782. The number of amidine groups is 1. The number of pyridine rings is 1. The van der Waals surface area contributed by atoms with Crippen molar-refractivity contribution in [1.29, 1.82) is 5.26 Å².